The van der Waals surface area contributed by atoms with Crippen LogP contribution in [0.3, 0.4) is 0 Å². The van der Waals surface area contributed by atoms with Crippen molar-refractivity contribution < 1.29 is 38.1 Å². The number of anilines is 1. The number of β-amino-alcohol motifs (C(OH)–C–C–N with tert-alkyl or cyclic N) is 1. The Hall–Kier alpha value is -6.85. The lowest BCUT2D eigenvalue weighted by Gasteiger charge is -2.35. The molecule has 4 aliphatic heterocycles. The maximum Gasteiger partial charge on any atom is 0.319 e. The molecule has 81 heavy (non-hydrogen) atoms. The molecule has 5 N–H and O–H groups in total. The number of hydrogen-bond donors (Lipinski definition) is 5. The molecule has 7 heterocycles. The van der Waals surface area contributed by atoms with E-state index in [1.807, 2.05) is 64.4 Å². The Kier molecular flexibility index (Phi) is 17.5. The molecular weight excluding hydrogens is 1050 g/mol. The van der Waals surface area contributed by atoms with Gasteiger partial charge in [-0.05, 0) is 92.6 Å². The number of halogens is 2. The molecule has 0 radical (unpaired) electrons. The molecule has 0 saturated carbocycles. The second-order valence-corrected chi connectivity index (χ2v) is 24.5. The van der Waals surface area contributed by atoms with Crippen LogP contribution in [-0.2, 0) is 14.4 Å². The number of nitrogens with zero attached hydrogens (tertiary/aromatic N) is 7. The average molecular weight is 1130 g/mol. The molecule has 16 nitrogen and oxygen atoms in total. The van der Waals surface area contributed by atoms with Gasteiger partial charge in [0.05, 0.1) is 39.2 Å². The summed E-state index contributed by atoms with van der Waals surface area (Å²) in [6.45, 7) is 13.4. The summed E-state index contributed by atoms with van der Waals surface area (Å²) >= 11 is 1.58. The van der Waals surface area contributed by atoms with Crippen molar-refractivity contribution in [3.05, 3.63) is 88.7 Å². The lowest BCUT2D eigenvalue weighted by Crippen LogP contribution is -2.57. The number of unbranched alkanes of at least 4 members (excludes halogenated alkanes) is 6. The van der Waals surface area contributed by atoms with Gasteiger partial charge in [0.25, 0.3) is 0 Å². The van der Waals surface area contributed by atoms with Crippen LogP contribution in [0.1, 0.15) is 128 Å². The van der Waals surface area contributed by atoms with Gasteiger partial charge in [-0.15, -0.1) is 17.8 Å². The van der Waals surface area contributed by atoms with E-state index in [2.05, 4.69) is 46.6 Å². The molecule has 3 aromatic carbocycles. The zero-order chi connectivity index (χ0) is 57.1. The molecule has 2 bridgehead atoms. The lowest BCUT2D eigenvalue weighted by atomic mass is 9.85. The largest absolute Gasteiger partial charge is 0.508 e. The number of rotatable bonds is 20. The number of phenols is 1. The number of aryl methyl sites for hydroxylation is 1. The molecule has 19 heteroatoms. The molecule has 7 atom stereocenters. The van der Waals surface area contributed by atoms with Crippen LogP contribution in [0.4, 0.5) is 14.6 Å². The maximum atomic E-state index is 17.1. The van der Waals surface area contributed by atoms with E-state index < -0.39 is 35.2 Å². The summed E-state index contributed by atoms with van der Waals surface area (Å²) in [5.41, 5.74) is 4.10. The Labute approximate surface area is 476 Å². The molecule has 0 aliphatic carbocycles. The fraction of sp³-hybridized carbons (Fsp3) is 0.500. The number of phenolic OH excluding ortho intramolecular Hbond substituents is 1. The third-order valence-corrected chi connectivity index (χ3v) is 17.5. The van der Waals surface area contributed by atoms with Crippen molar-refractivity contribution in [3.8, 4) is 45.8 Å². The fourth-order valence-electron chi connectivity index (χ4n) is 12.2. The van der Waals surface area contributed by atoms with E-state index in [0.717, 1.165) is 92.6 Å². The van der Waals surface area contributed by atoms with Crippen molar-refractivity contribution in [2.45, 2.75) is 154 Å². The second kappa shape index (κ2) is 24.7. The number of carbonyl (C=O) groups excluding carboxylic acids is 3. The third kappa shape index (κ3) is 12.9. The second-order valence-electron chi connectivity index (χ2n) is 23.6. The van der Waals surface area contributed by atoms with E-state index in [1.165, 1.54) is 29.2 Å². The van der Waals surface area contributed by atoms with Crippen LogP contribution >= 0.6 is 11.3 Å². The van der Waals surface area contributed by atoms with Gasteiger partial charge in [-0.25, -0.2) is 13.8 Å². The van der Waals surface area contributed by atoms with Gasteiger partial charge in [-0.3, -0.25) is 24.3 Å². The van der Waals surface area contributed by atoms with Crippen molar-refractivity contribution in [2.24, 2.45) is 5.41 Å². The van der Waals surface area contributed by atoms with Crippen molar-refractivity contribution in [1.29, 1.82) is 0 Å². The molecule has 3 aromatic heterocycles. The van der Waals surface area contributed by atoms with Crippen LogP contribution in [0.15, 0.2) is 60.2 Å². The Balaban J connectivity index is 0.677. The lowest BCUT2D eigenvalue weighted by molar-refractivity contribution is -0.144. The smallest absolute Gasteiger partial charge is 0.319 e. The normalized spacial score (nSPS) is 20.9. The van der Waals surface area contributed by atoms with Crippen LogP contribution in [0.25, 0.3) is 43.4 Å². The van der Waals surface area contributed by atoms with Crippen LogP contribution in [-0.4, -0.2) is 133 Å². The summed E-state index contributed by atoms with van der Waals surface area (Å²) in [6.07, 6.45) is 16.2. The van der Waals surface area contributed by atoms with Crippen molar-refractivity contribution in [2.75, 3.05) is 44.2 Å². The number of hydrogen-bond acceptors (Lipinski definition) is 14. The highest BCUT2D eigenvalue weighted by Crippen LogP contribution is 2.40. The standard InChI is InChI=1S/C62H74F2N10O6S/c1-7-46-49(63)23-20-40-27-43(75)28-47(52(40)46)54-53(64)55-48(30-65-54)58(73-31-41-21-22-42(32-73)68-41)71-61(70-55)80-45-24-26-72(34-45)25-14-12-10-8-9-11-13-15-51(77)69-57(62(4,5)6)60(79)74-33-44(76)29-50(74)59(78)67-36(2)38-16-18-39(19-17-38)56-37(3)66-35-81-56/h1,16-20,23,27-28,30,35-36,41-42,44-45,50,57,68,75-76H,8-15,21-22,24-26,29,31-34H2,2-6H3,(H,67,78)(H,69,77)/t36-,41?,42?,44+,45-,50-,57+/m0/s1. The Morgan fingerprint density at radius 2 is 1.65 bits per heavy atom. The Morgan fingerprint density at radius 3 is 2.36 bits per heavy atom. The number of aromatic hydroxyl groups is 1. The monoisotopic (exact) mass is 1120 g/mol. The summed E-state index contributed by atoms with van der Waals surface area (Å²) in [5.74, 6) is 0.485. The maximum absolute atomic E-state index is 17.1. The van der Waals surface area contributed by atoms with Crippen molar-refractivity contribution in [3.63, 3.8) is 0 Å². The number of aliphatic hydroxyl groups is 1. The molecular formula is C62H74F2N10O6S. The number of pyridine rings is 1. The van der Waals surface area contributed by atoms with Gasteiger partial charge in [-0.1, -0.05) is 89.1 Å². The van der Waals surface area contributed by atoms with E-state index in [-0.39, 0.29) is 101 Å². The van der Waals surface area contributed by atoms with Crippen molar-refractivity contribution in [1.82, 2.24) is 45.7 Å². The number of piperazine rings is 1. The van der Waals surface area contributed by atoms with Crippen LogP contribution in [0.5, 0.6) is 11.8 Å². The molecule has 10 rings (SSSR count). The number of likely N-dealkylation sites (tertiary alicyclic amines) is 2. The molecule has 2 unspecified atom stereocenters. The first-order valence-electron chi connectivity index (χ1n) is 28.7. The van der Waals surface area contributed by atoms with Crippen LogP contribution in [0, 0.1) is 36.3 Å². The Morgan fingerprint density at radius 1 is 0.926 bits per heavy atom. The number of nitrogens with one attached hydrogen (secondary N) is 3. The van der Waals surface area contributed by atoms with E-state index in [9.17, 15) is 24.6 Å². The predicted octanol–water partition coefficient (Wildman–Crippen LogP) is 9.13. The zero-order valence-electron chi connectivity index (χ0n) is 46.9. The summed E-state index contributed by atoms with van der Waals surface area (Å²) in [4.78, 5) is 66.9. The number of benzene rings is 3. The number of carbonyl (C=O) groups is 3. The molecule has 4 fully saturated rings. The van der Waals surface area contributed by atoms with E-state index in [4.69, 9.17) is 16.1 Å². The van der Waals surface area contributed by atoms with Gasteiger partial charge >= 0.3 is 6.01 Å². The van der Waals surface area contributed by atoms with Gasteiger partial charge in [-0.2, -0.15) is 9.97 Å². The molecule has 6 aromatic rings. The summed E-state index contributed by atoms with van der Waals surface area (Å²) in [6, 6.07) is 12.0. The number of thiazole rings is 1. The summed E-state index contributed by atoms with van der Waals surface area (Å²) in [7, 11) is 0. The minimum absolute atomic E-state index is 0.0121. The first-order valence-corrected chi connectivity index (χ1v) is 29.6. The number of ether oxygens (including phenoxy) is 1. The SMILES string of the molecule is C#Cc1c(F)ccc2cc(O)cc(-c3ncc4c(N5CC6CCC(C5)N6)nc(O[C@H]5CCN(CCCCCCCCCC(=O)N[C@H](C(=O)N6C[C@H](O)C[C@H]6C(=O)N[C@@H](C)c6ccc(-c7scnc7C)cc6)C(C)(C)C)C5)nc4c3F)c12. The Bertz CT molecular complexity index is 3320. The molecule has 0 spiro atoms. The van der Waals surface area contributed by atoms with Gasteiger partial charge in [0.15, 0.2) is 5.82 Å². The molecule has 428 valence electrons. The van der Waals surface area contributed by atoms with E-state index in [1.54, 1.807) is 17.5 Å². The molecule has 4 aliphatic rings. The van der Waals surface area contributed by atoms with E-state index in [0.29, 0.717) is 42.6 Å². The minimum atomic E-state index is -0.880. The van der Waals surface area contributed by atoms with Crippen LogP contribution in [0.2, 0.25) is 0 Å². The van der Waals surface area contributed by atoms with Gasteiger partial charge in [0.2, 0.25) is 17.7 Å². The van der Waals surface area contributed by atoms with Gasteiger partial charge in [0, 0.05) is 74.8 Å². The van der Waals surface area contributed by atoms with Gasteiger partial charge in [0.1, 0.15) is 46.8 Å². The quantitative estimate of drug-likeness (QED) is 0.0359. The van der Waals surface area contributed by atoms with E-state index >= 15 is 8.78 Å². The average Bonchev–Trinajstić information content (AvgIpc) is 4.21. The zero-order valence-corrected chi connectivity index (χ0v) is 47.8. The first kappa shape index (κ1) is 57.4. The highest BCUT2D eigenvalue weighted by atomic mass is 32.1. The molecule has 4 saturated heterocycles. The summed E-state index contributed by atoms with van der Waals surface area (Å²) in [5, 5.41) is 32.3. The number of aliphatic hydroxyl groups excluding tert-OH is 1. The predicted molar refractivity (Wildman–Crippen MR) is 311 cm³/mol. The number of terminal acetylenes is 1. The summed E-state index contributed by atoms with van der Waals surface area (Å²) < 4.78 is 38.6. The van der Waals surface area contributed by atoms with Crippen LogP contribution < -0.4 is 25.6 Å². The number of amides is 3. The minimum Gasteiger partial charge on any atom is -0.508 e. The third-order valence-electron chi connectivity index (χ3n) is 16.6. The van der Waals surface area contributed by atoms with Crippen molar-refractivity contribution >= 4 is 56.6 Å². The van der Waals surface area contributed by atoms with Gasteiger partial charge < -0.3 is 40.7 Å². The molecule has 3 amide bonds. The number of fused-ring (bicyclic) bond motifs is 4. The highest BCUT2D eigenvalue weighted by molar-refractivity contribution is 7.13. The highest BCUT2D eigenvalue weighted by Gasteiger charge is 2.45. The fourth-order valence-corrected chi connectivity index (χ4v) is 13.0. The number of aromatic nitrogens is 4. The topological polar surface area (TPSA) is 198 Å². The first-order chi connectivity index (χ1) is 38.9.